The molecule has 1 N–H and O–H groups in total. The van der Waals surface area contributed by atoms with Gasteiger partial charge in [-0.15, -0.1) is 0 Å². The molecule has 2 heterocycles. The predicted octanol–water partition coefficient (Wildman–Crippen LogP) is 3.31. The van der Waals surface area contributed by atoms with E-state index in [1.165, 1.54) is 0 Å². The van der Waals surface area contributed by atoms with Crippen LogP contribution in [0.5, 0.6) is 0 Å². The summed E-state index contributed by atoms with van der Waals surface area (Å²) < 4.78 is 16.9. The smallest absolute Gasteiger partial charge is 0.246 e. The molecule has 152 valence electrons. The first-order valence-corrected chi connectivity index (χ1v) is 9.95. The SMILES string of the molecule is CN(C1CC1)C(C)(C)C(=O)Nc1cc(C(C)(C)COC2CCCCO2)no1. The zero-order valence-electron chi connectivity index (χ0n) is 17.2. The second kappa shape index (κ2) is 7.89. The summed E-state index contributed by atoms with van der Waals surface area (Å²) in [5.41, 5.74) is -0.194. The number of amides is 1. The van der Waals surface area contributed by atoms with Crippen LogP contribution in [0.1, 0.15) is 65.5 Å². The van der Waals surface area contributed by atoms with Crippen molar-refractivity contribution in [2.24, 2.45) is 0 Å². The minimum atomic E-state index is -0.606. The highest BCUT2D eigenvalue weighted by Gasteiger charge is 2.41. The van der Waals surface area contributed by atoms with Gasteiger partial charge in [-0.3, -0.25) is 15.0 Å². The summed E-state index contributed by atoms with van der Waals surface area (Å²) in [6.45, 7) is 9.19. The van der Waals surface area contributed by atoms with Crippen molar-refractivity contribution in [2.45, 2.75) is 83.1 Å². The van der Waals surface area contributed by atoms with E-state index in [-0.39, 0.29) is 17.6 Å². The third-order valence-corrected chi connectivity index (χ3v) is 5.74. The maximum atomic E-state index is 12.7. The molecule has 0 radical (unpaired) electrons. The van der Waals surface area contributed by atoms with E-state index in [0.29, 0.717) is 18.5 Å². The Morgan fingerprint density at radius 3 is 2.67 bits per heavy atom. The zero-order valence-corrected chi connectivity index (χ0v) is 17.2. The van der Waals surface area contributed by atoms with E-state index in [0.717, 1.165) is 44.4 Å². The summed E-state index contributed by atoms with van der Waals surface area (Å²) in [5, 5.41) is 7.02. The number of ether oxygens (including phenoxy) is 2. The number of likely N-dealkylation sites (N-methyl/N-ethyl adjacent to an activating group) is 1. The number of hydrogen-bond acceptors (Lipinski definition) is 6. The van der Waals surface area contributed by atoms with E-state index in [1.807, 2.05) is 34.7 Å². The number of carbonyl (C=O) groups excluding carboxylic acids is 1. The van der Waals surface area contributed by atoms with Gasteiger partial charge in [0.25, 0.3) is 0 Å². The molecule has 1 unspecified atom stereocenters. The molecule has 1 aliphatic carbocycles. The molecule has 7 nitrogen and oxygen atoms in total. The van der Waals surface area contributed by atoms with Crippen molar-refractivity contribution < 1.29 is 18.8 Å². The molecule has 1 aromatic rings. The number of aromatic nitrogens is 1. The average Bonchev–Trinajstić information content (AvgIpc) is 3.38. The van der Waals surface area contributed by atoms with Crippen LogP contribution >= 0.6 is 0 Å². The Balaban J connectivity index is 1.57. The van der Waals surface area contributed by atoms with Gasteiger partial charge in [0.1, 0.15) is 0 Å². The van der Waals surface area contributed by atoms with Crippen molar-refractivity contribution in [3.63, 3.8) is 0 Å². The minimum Gasteiger partial charge on any atom is -0.353 e. The Morgan fingerprint density at radius 1 is 1.30 bits per heavy atom. The van der Waals surface area contributed by atoms with Crippen molar-refractivity contribution in [3.8, 4) is 0 Å². The highest BCUT2D eigenvalue weighted by atomic mass is 16.7. The highest BCUT2D eigenvalue weighted by Crippen LogP contribution is 2.32. The molecule has 1 saturated carbocycles. The first kappa shape index (κ1) is 20.3. The molecule has 2 fully saturated rings. The Labute approximate surface area is 161 Å². The third kappa shape index (κ3) is 4.89. The molecule has 0 aromatic carbocycles. The third-order valence-electron chi connectivity index (χ3n) is 5.74. The zero-order chi connectivity index (χ0) is 19.7. The maximum absolute atomic E-state index is 12.7. The first-order chi connectivity index (χ1) is 12.7. The molecule has 0 spiro atoms. The first-order valence-electron chi connectivity index (χ1n) is 9.95. The molecule has 1 atom stereocenters. The van der Waals surface area contributed by atoms with Crippen LogP contribution in [0, 0.1) is 0 Å². The molecule has 7 heteroatoms. The van der Waals surface area contributed by atoms with Gasteiger partial charge in [-0.1, -0.05) is 19.0 Å². The molecule has 1 aromatic heterocycles. The quantitative estimate of drug-likeness (QED) is 0.747. The molecule has 3 rings (SSSR count). The van der Waals surface area contributed by atoms with Gasteiger partial charge < -0.3 is 14.0 Å². The van der Waals surface area contributed by atoms with E-state index in [1.54, 1.807) is 6.07 Å². The number of rotatable bonds is 8. The van der Waals surface area contributed by atoms with Gasteiger partial charge in [-0.2, -0.15) is 0 Å². The normalized spacial score (nSPS) is 21.5. The summed E-state index contributed by atoms with van der Waals surface area (Å²) in [5.74, 6) is 0.276. The van der Waals surface area contributed by atoms with Crippen molar-refractivity contribution in [2.75, 3.05) is 25.6 Å². The molecule has 1 saturated heterocycles. The topological polar surface area (TPSA) is 76.8 Å². The fourth-order valence-electron chi connectivity index (χ4n) is 3.21. The van der Waals surface area contributed by atoms with Gasteiger partial charge in [0.2, 0.25) is 11.8 Å². The van der Waals surface area contributed by atoms with Crippen molar-refractivity contribution in [1.29, 1.82) is 0 Å². The van der Waals surface area contributed by atoms with Crippen LogP contribution in [0.4, 0.5) is 5.88 Å². The Hall–Kier alpha value is -1.44. The fourth-order valence-corrected chi connectivity index (χ4v) is 3.21. The van der Waals surface area contributed by atoms with E-state index in [9.17, 15) is 4.79 Å². The van der Waals surface area contributed by atoms with Crippen molar-refractivity contribution in [3.05, 3.63) is 11.8 Å². The van der Waals surface area contributed by atoms with Crippen LogP contribution in [0.15, 0.2) is 10.6 Å². The second-order valence-electron chi connectivity index (χ2n) is 8.92. The van der Waals surface area contributed by atoms with Crippen LogP contribution in [0.2, 0.25) is 0 Å². The average molecular weight is 380 g/mol. The van der Waals surface area contributed by atoms with E-state index in [2.05, 4.69) is 15.4 Å². The Bertz CT molecular complexity index is 645. The van der Waals surface area contributed by atoms with Gasteiger partial charge in [0.15, 0.2) is 6.29 Å². The van der Waals surface area contributed by atoms with Crippen molar-refractivity contribution in [1.82, 2.24) is 10.1 Å². The van der Waals surface area contributed by atoms with Gasteiger partial charge in [-0.05, 0) is 53.0 Å². The van der Waals surface area contributed by atoms with Gasteiger partial charge in [0.05, 0.1) is 17.8 Å². The van der Waals surface area contributed by atoms with Crippen molar-refractivity contribution >= 4 is 11.8 Å². The van der Waals surface area contributed by atoms with Crippen LogP contribution < -0.4 is 5.32 Å². The second-order valence-corrected chi connectivity index (χ2v) is 8.92. The standard InChI is InChI=1S/C20H33N3O4/c1-19(2,13-26-17-8-6-7-11-25-17)15-12-16(27-22-15)21-18(24)20(3,4)23(5)14-9-10-14/h12,14,17H,6-11,13H2,1-5H3,(H,21,24). The molecular weight excluding hydrogens is 346 g/mol. The molecule has 27 heavy (non-hydrogen) atoms. The Morgan fingerprint density at radius 2 is 2.04 bits per heavy atom. The number of nitrogens with zero attached hydrogens (tertiary/aromatic N) is 2. The molecule has 2 aliphatic rings. The molecule has 0 bridgehead atoms. The summed E-state index contributed by atoms with van der Waals surface area (Å²) in [4.78, 5) is 14.8. The van der Waals surface area contributed by atoms with Crippen LogP contribution in [-0.2, 0) is 19.7 Å². The van der Waals surface area contributed by atoms with Crippen LogP contribution in [0.25, 0.3) is 0 Å². The number of anilines is 1. The predicted molar refractivity (Wildman–Crippen MR) is 103 cm³/mol. The lowest BCUT2D eigenvalue weighted by molar-refractivity contribution is -0.170. The minimum absolute atomic E-state index is 0.0933. The Kier molecular flexibility index (Phi) is 5.93. The summed E-state index contributed by atoms with van der Waals surface area (Å²) >= 11 is 0. The monoisotopic (exact) mass is 379 g/mol. The van der Waals surface area contributed by atoms with Gasteiger partial charge in [0, 0.05) is 24.1 Å². The van der Waals surface area contributed by atoms with E-state index >= 15 is 0 Å². The maximum Gasteiger partial charge on any atom is 0.246 e. The number of nitrogens with one attached hydrogen (secondary N) is 1. The molecule has 1 aliphatic heterocycles. The summed E-state index contributed by atoms with van der Waals surface area (Å²) in [7, 11) is 2.00. The summed E-state index contributed by atoms with van der Waals surface area (Å²) in [6, 6.07) is 2.28. The number of carbonyl (C=O) groups is 1. The van der Waals surface area contributed by atoms with Crippen LogP contribution in [-0.4, -0.2) is 54.1 Å². The highest BCUT2D eigenvalue weighted by molar-refractivity contribution is 5.96. The van der Waals surface area contributed by atoms with E-state index in [4.69, 9.17) is 14.0 Å². The lowest BCUT2D eigenvalue weighted by atomic mass is 9.90. The largest absolute Gasteiger partial charge is 0.353 e. The van der Waals surface area contributed by atoms with Gasteiger partial charge >= 0.3 is 0 Å². The van der Waals surface area contributed by atoms with E-state index < -0.39 is 5.54 Å². The summed E-state index contributed by atoms with van der Waals surface area (Å²) in [6.07, 6.45) is 5.33. The lowest BCUT2D eigenvalue weighted by Gasteiger charge is -2.33. The molecule has 1 amide bonds. The lowest BCUT2D eigenvalue weighted by Crippen LogP contribution is -2.51. The van der Waals surface area contributed by atoms with Crippen LogP contribution in [0.3, 0.4) is 0 Å². The molecular formula is C20H33N3O4. The number of hydrogen-bond donors (Lipinski definition) is 1. The van der Waals surface area contributed by atoms with Gasteiger partial charge in [-0.25, -0.2) is 0 Å². The fraction of sp³-hybridized carbons (Fsp3) is 0.800.